The first-order valence-corrected chi connectivity index (χ1v) is 7.01. The van der Waals surface area contributed by atoms with Crippen LogP contribution >= 0.6 is 0 Å². The predicted octanol–water partition coefficient (Wildman–Crippen LogP) is 5.28. The van der Waals surface area contributed by atoms with Crippen LogP contribution in [0.4, 0.5) is 0 Å². The Morgan fingerprint density at radius 2 is 1.44 bits per heavy atom. The van der Waals surface area contributed by atoms with Gasteiger partial charge in [-0.25, -0.2) is 0 Å². The predicted molar refractivity (Wildman–Crippen MR) is 79.1 cm³/mol. The summed E-state index contributed by atoms with van der Waals surface area (Å²) in [5, 5.41) is 9.93. The summed E-state index contributed by atoms with van der Waals surface area (Å²) in [5.74, 6) is 0.429. The second-order valence-corrected chi connectivity index (χ2v) is 7.17. The Balaban J connectivity index is 2.53. The van der Waals surface area contributed by atoms with E-state index in [4.69, 9.17) is 0 Å². The lowest BCUT2D eigenvalue weighted by molar-refractivity contribution is 0.340. The van der Waals surface area contributed by atoms with Crippen molar-refractivity contribution in [3.63, 3.8) is 0 Å². The van der Waals surface area contributed by atoms with E-state index in [1.54, 1.807) is 6.07 Å². The van der Waals surface area contributed by atoms with Crippen LogP contribution in [0.2, 0.25) is 0 Å². The number of aromatic hydroxyl groups is 1. The first-order chi connectivity index (χ1) is 8.22. The average Bonchev–Trinajstić information content (AvgIpc) is 2.24. The van der Waals surface area contributed by atoms with Crippen LogP contribution in [0.5, 0.6) is 5.75 Å². The molecular formula is C17H28O. The van der Waals surface area contributed by atoms with E-state index in [1.807, 2.05) is 18.2 Å². The van der Waals surface area contributed by atoms with Gasteiger partial charge in [-0.2, -0.15) is 0 Å². The van der Waals surface area contributed by atoms with Crippen LogP contribution in [0, 0.1) is 5.41 Å². The van der Waals surface area contributed by atoms with Crippen LogP contribution in [0.1, 0.15) is 65.9 Å². The minimum Gasteiger partial charge on any atom is -0.508 e. The van der Waals surface area contributed by atoms with E-state index in [-0.39, 0.29) is 5.41 Å². The number of hydrogen-bond acceptors (Lipinski definition) is 1. The topological polar surface area (TPSA) is 20.2 Å². The van der Waals surface area contributed by atoms with Gasteiger partial charge in [0.1, 0.15) is 5.75 Å². The summed E-state index contributed by atoms with van der Waals surface area (Å²) in [7, 11) is 0. The lowest BCUT2D eigenvalue weighted by atomic mass is 9.78. The molecule has 0 radical (unpaired) electrons. The third-order valence-electron chi connectivity index (χ3n) is 3.61. The van der Waals surface area contributed by atoms with Gasteiger partial charge in [0.05, 0.1) is 0 Å². The first kappa shape index (κ1) is 15.1. The van der Waals surface area contributed by atoms with Crippen molar-refractivity contribution in [2.24, 2.45) is 5.41 Å². The van der Waals surface area contributed by atoms with Crippen LogP contribution in [0.15, 0.2) is 24.3 Å². The van der Waals surface area contributed by atoms with Gasteiger partial charge < -0.3 is 5.11 Å². The number of phenolic OH excluding ortho intramolecular Hbond substituents is 1. The Morgan fingerprint density at radius 1 is 0.889 bits per heavy atom. The average molecular weight is 248 g/mol. The molecule has 1 aromatic rings. The van der Waals surface area contributed by atoms with Gasteiger partial charge in [0.15, 0.2) is 0 Å². The van der Waals surface area contributed by atoms with Crippen molar-refractivity contribution in [3.8, 4) is 5.75 Å². The molecule has 0 amide bonds. The molecule has 18 heavy (non-hydrogen) atoms. The molecule has 0 aliphatic heterocycles. The van der Waals surface area contributed by atoms with E-state index in [9.17, 15) is 5.11 Å². The van der Waals surface area contributed by atoms with Crippen LogP contribution in [-0.2, 0) is 5.41 Å². The molecule has 0 atom stereocenters. The molecule has 0 bridgehead atoms. The number of para-hydroxylation sites is 1. The van der Waals surface area contributed by atoms with Gasteiger partial charge in [-0.1, -0.05) is 65.7 Å². The quantitative estimate of drug-likeness (QED) is 0.703. The lowest BCUT2D eigenvalue weighted by Crippen LogP contribution is -2.17. The zero-order chi connectivity index (χ0) is 13.8. The minimum atomic E-state index is 0.0588. The van der Waals surface area contributed by atoms with E-state index in [2.05, 4.69) is 34.6 Å². The van der Waals surface area contributed by atoms with Gasteiger partial charge in [-0.05, 0) is 35.3 Å². The molecule has 1 nitrogen and oxygen atoms in total. The number of hydrogen-bond donors (Lipinski definition) is 1. The van der Waals surface area contributed by atoms with Gasteiger partial charge in [-0.3, -0.25) is 0 Å². The molecule has 0 spiro atoms. The normalized spacial score (nSPS) is 12.7. The fraction of sp³-hybridized carbons (Fsp3) is 0.647. The first-order valence-electron chi connectivity index (χ1n) is 7.01. The Hall–Kier alpha value is -0.980. The maximum absolute atomic E-state index is 9.93. The number of phenols is 1. The van der Waals surface area contributed by atoms with Gasteiger partial charge in [0, 0.05) is 0 Å². The van der Waals surface area contributed by atoms with Crippen molar-refractivity contribution < 1.29 is 5.11 Å². The van der Waals surface area contributed by atoms with Gasteiger partial charge in [-0.15, -0.1) is 0 Å². The van der Waals surface area contributed by atoms with Crippen LogP contribution < -0.4 is 0 Å². The second kappa shape index (κ2) is 5.77. The van der Waals surface area contributed by atoms with E-state index < -0.39 is 0 Å². The third-order valence-corrected chi connectivity index (χ3v) is 3.61. The summed E-state index contributed by atoms with van der Waals surface area (Å²) >= 11 is 0. The van der Waals surface area contributed by atoms with E-state index in [0.717, 1.165) is 12.0 Å². The number of rotatable bonds is 5. The summed E-state index contributed by atoms with van der Waals surface area (Å²) in [6.45, 7) is 11.3. The van der Waals surface area contributed by atoms with Crippen molar-refractivity contribution in [2.45, 2.75) is 65.7 Å². The van der Waals surface area contributed by atoms with Gasteiger partial charge in [0.2, 0.25) is 0 Å². The highest BCUT2D eigenvalue weighted by Gasteiger charge is 2.23. The Morgan fingerprint density at radius 3 is 2.00 bits per heavy atom. The molecule has 1 rings (SSSR count). The van der Waals surface area contributed by atoms with E-state index >= 15 is 0 Å². The fourth-order valence-corrected chi connectivity index (χ4v) is 2.40. The molecule has 1 heteroatoms. The standard InChI is InChI=1S/C17H28O/c1-16(2,3)12-8-9-13-17(4,5)14-10-6-7-11-15(14)18/h6-7,10-11,18H,8-9,12-13H2,1-5H3. The lowest BCUT2D eigenvalue weighted by Gasteiger charge is -2.27. The Labute approximate surface area is 112 Å². The highest BCUT2D eigenvalue weighted by atomic mass is 16.3. The van der Waals surface area contributed by atoms with Crippen molar-refractivity contribution in [2.75, 3.05) is 0 Å². The summed E-state index contributed by atoms with van der Waals surface area (Å²) in [6.07, 6.45) is 4.88. The summed E-state index contributed by atoms with van der Waals surface area (Å²) in [5.41, 5.74) is 1.56. The minimum absolute atomic E-state index is 0.0588. The van der Waals surface area contributed by atoms with Crippen molar-refractivity contribution in [1.82, 2.24) is 0 Å². The molecule has 102 valence electrons. The highest BCUT2D eigenvalue weighted by molar-refractivity contribution is 5.37. The van der Waals surface area contributed by atoms with Gasteiger partial charge >= 0.3 is 0 Å². The number of unbranched alkanes of at least 4 members (excludes halogenated alkanes) is 1. The van der Waals surface area contributed by atoms with Gasteiger partial charge in [0.25, 0.3) is 0 Å². The molecule has 0 saturated heterocycles. The maximum Gasteiger partial charge on any atom is 0.119 e. The Kier molecular flexibility index (Phi) is 4.84. The van der Waals surface area contributed by atoms with Crippen molar-refractivity contribution >= 4 is 0 Å². The van der Waals surface area contributed by atoms with Crippen molar-refractivity contribution in [3.05, 3.63) is 29.8 Å². The van der Waals surface area contributed by atoms with E-state index in [0.29, 0.717) is 11.2 Å². The summed E-state index contributed by atoms with van der Waals surface area (Å²) < 4.78 is 0. The fourth-order valence-electron chi connectivity index (χ4n) is 2.40. The monoisotopic (exact) mass is 248 g/mol. The Bertz CT molecular complexity index is 371. The molecule has 0 aromatic heterocycles. The largest absolute Gasteiger partial charge is 0.508 e. The zero-order valence-corrected chi connectivity index (χ0v) is 12.6. The summed E-state index contributed by atoms with van der Waals surface area (Å²) in [6, 6.07) is 7.71. The van der Waals surface area contributed by atoms with Crippen molar-refractivity contribution in [1.29, 1.82) is 0 Å². The van der Waals surface area contributed by atoms with E-state index in [1.165, 1.54) is 19.3 Å². The SMILES string of the molecule is CC(C)(C)CCCCC(C)(C)c1ccccc1O. The number of benzene rings is 1. The molecule has 0 heterocycles. The second-order valence-electron chi connectivity index (χ2n) is 7.17. The maximum atomic E-state index is 9.93. The molecule has 1 aromatic carbocycles. The zero-order valence-electron chi connectivity index (χ0n) is 12.6. The van der Waals surface area contributed by atoms with Crippen LogP contribution in [-0.4, -0.2) is 5.11 Å². The summed E-state index contributed by atoms with van der Waals surface area (Å²) in [4.78, 5) is 0. The molecule has 1 N–H and O–H groups in total. The van der Waals surface area contributed by atoms with Crippen LogP contribution in [0.3, 0.4) is 0 Å². The highest BCUT2D eigenvalue weighted by Crippen LogP contribution is 2.35. The third kappa shape index (κ3) is 4.72. The molecule has 0 unspecified atom stereocenters. The smallest absolute Gasteiger partial charge is 0.119 e. The molecule has 0 fully saturated rings. The van der Waals surface area contributed by atoms with Crippen LogP contribution in [0.25, 0.3) is 0 Å². The molecule has 0 saturated carbocycles. The molecule has 0 aliphatic rings. The molecular weight excluding hydrogens is 220 g/mol. The molecule has 0 aliphatic carbocycles.